The number of aliphatic hydroxyl groups is 1. The van der Waals surface area contributed by atoms with Gasteiger partial charge < -0.3 is 10.8 Å². The Labute approximate surface area is 111 Å². The summed E-state index contributed by atoms with van der Waals surface area (Å²) in [5.74, 6) is 0.0814. The molecule has 18 heavy (non-hydrogen) atoms. The third kappa shape index (κ3) is 2.49. The molecule has 94 valence electrons. The van der Waals surface area contributed by atoms with Crippen LogP contribution in [0.2, 0.25) is 0 Å². The first-order chi connectivity index (χ1) is 8.63. The Kier molecular flexibility index (Phi) is 3.89. The lowest BCUT2D eigenvalue weighted by atomic mass is 10.0. The van der Waals surface area contributed by atoms with Crippen molar-refractivity contribution in [3.8, 4) is 0 Å². The summed E-state index contributed by atoms with van der Waals surface area (Å²) in [7, 11) is 0. The summed E-state index contributed by atoms with van der Waals surface area (Å²) in [5.41, 5.74) is 6.35. The van der Waals surface area contributed by atoms with Gasteiger partial charge in [-0.1, -0.05) is 31.2 Å². The van der Waals surface area contributed by atoms with Crippen molar-refractivity contribution in [1.82, 2.24) is 0 Å². The molecule has 0 amide bonds. The number of amidine groups is 1. The SMILES string of the molecule is CC(CO)Sc1ccc(C(=N)N)c2ccccc12. The van der Waals surface area contributed by atoms with Gasteiger partial charge in [0, 0.05) is 15.7 Å². The summed E-state index contributed by atoms with van der Waals surface area (Å²) in [6.07, 6.45) is 0. The predicted octanol–water partition coefficient (Wildman–Crippen LogP) is 2.60. The molecule has 0 aliphatic carbocycles. The monoisotopic (exact) mass is 260 g/mol. The number of nitrogens with two attached hydrogens (primary N) is 1. The Morgan fingerprint density at radius 1 is 1.28 bits per heavy atom. The van der Waals surface area contributed by atoms with Gasteiger partial charge in [-0.25, -0.2) is 0 Å². The highest BCUT2D eigenvalue weighted by atomic mass is 32.2. The Balaban J connectivity index is 2.57. The van der Waals surface area contributed by atoms with Crippen LogP contribution in [0.1, 0.15) is 12.5 Å². The summed E-state index contributed by atoms with van der Waals surface area (Å²) in [6.45, 7) is 2.13. The van der Waals surface area contributed by atoms with Crippen LogP contribution in [0.3, 0.4) is 0 Å². The number of benzene rings is 2. The number of nitrogens with one attached hydrogen (secondary N) is 1. The Morgan fingerprint density at radius 2 is 1.94 bits per heavy atom. The van der Waals surface area contributed by atoms with E-state index in [-0.39, 0.29) is 17.7 Å². The van der Waals surface area contributed by atoms with E-state index in [2.05, 4.69) is 0 Å². The topological polar surface area (TPSA) is 70.1 Å². The highest BCUT2D eigenvalue weighted by Crippen LogP contribution is 2.32. The molecule has 0 radical (unpaired) electrons. The fourth-order valence-corrected chi connectivity index (χ4v) is 2.82. The summed E-state index contributed by atoms with van der Waals surface area (Å²) >= 11 is 1.63. The van der Waals surface area contributed by atoms with E-state index in [0.29, 0.717) is 0 Å². The van der Waals surface area contributed by atoms with E-state index in [1.807, 2.05) is 43.3 Å². The molecular formula is C14H16N2OS. The third-order valence-electron chi connectivity index (χ3n) is 2.76. The van der Waals surface area contributed by atoms with E-state index in [0.717, 1.165) is 21.2 Å². The molecule has 2 aromatic rings. The highest BCUT2D eigenvalue weighted by molar-refractivity contribution is 8.00. The lowest BCUT2D eigenvalue weighted by Crippen LogP contribution is -2.11. The second kappa shape index (κ2) is 5.42. The molecule has 3 nitrogen and oxygen atoms in total. The van der Waals surface area contributed by atoms with Gasteiger partial charge in [-0.15, -0.1) is 11.8 Å². The van der Waals surface area contributed by atoms with Gasteiger partial charge in [-0.3, -0.25) is 5.41 Å². The molecule has 2 rings (SSSR count). The predicted molar refractivity (Wildman–Crippen MR) is 77.4 cm³/mol. The summed E-state index contributed by atoms with van der Waals surface area (Å²) in [6, 6.07) is 11.7. The third-order valence-corrected chi connectivity index (χ3v) is 3.92. The molecule has 0 spiro atoms. The van der Waals surface area contributed by atoms with Gasteiger partial charge in [0.25, 0.3) is 0 Å². The molecule has 2 aromatic carbocycles. The molecule has 0 heterocycles. The molecule has 0 fully saturated rings. The average molecular weight is 260 g/mol. The number of hydrogen-bond acceptors (Lipinski definition) is 3. The van der Waals surface area contributed by atoms with Crippen LogP contribution in [0.25, 0.3) is 10.8 Å². The quantitative estimate of drug-likeness (QED) is 0.449. The van der Waals surface area contributed by atoms with Gasteiger partial charge in [-0.05, 0) is 22.9 Å². The van der Waals surface area contributed by atoms with Crippen LogP contribution >= 0.6 is 11.8 Å². The molecule has 0 aliphatic heterocycles. The van der Waals surface area contributed by atoms with E-state index in [1.54, 1.807) is 11.8 Å². The van der Waals surface area contributed by atoms with Crippen molar-refractivity contribution in [3.63, 3.8) is 0 Å². The maximum atomic E-state index is 9.14. The van der Waals surface area contributed by atoms with E-state index in [1.165, 1.54) is 0 Å². The zero-order valence-corrected chi connectivity index (χ0v) is 11.0. The minimum absolute atomic E-state index is 0.0814. The maximum absolute atomic E-state index is 9.14. The first-order valence-corrected chi connectivity index (χ1v) is 6.65. The summed E-state index contributed by atoms with van der Waals surface area (Å²) in [4.78, 5) is 1.11. The molecule has 4 heteroatoms. The van der Waals surface area contributed by atoms with E-state index in [9.17, 15) is 0 Å². The van der Waals surface area contributed by atoms with Crippen molar-refractivity contribution in [2.45, 2.75) is 17.1 Å². The van der Waals surface area contributed by atoms with Crippen molar-refractivity contribution in [1.29, 1.82) is 5.41 Å². The number of thioether (sulfide) groups is 1. The molecule has 4 N–H and O–H groups in total. The van der Waals surface area contributed by atoms with Crippen molar-refractivity contribution in [2.75, 3.05) is 6.61 Å². The average Bonchev–Trinajstić information content (AvgIpc) is 2.38. The summed E-state index contributed by atoms with van der Waals surface area (Å²) < 4.78 is 0. The largest absolute Gasteiger partial charge is 0.395 e. The number of nitrogen functional groups attached to an aromatic ring is 1. The minimum atomic E-state index is 0.0814. The molecule has 1 unspecified atom stereocenters. The van der Waals surface area contributed by atoms with E-state index < -0.39 is 0 Å². The maximum Gasteiger partial charge on any atom is 0.123 e. The van der Waals surface area contributed by atoms with Crippen molar-refractivity contribution in [3.05, 3.63) is 42.0 Å². The first-order valence-electron chi connectivity index (χ1n) is 5.77. The van der Waals surface area contributed by atoms with Gasteiger partial charge in [0.05, 0.1) is 6.61 Å². The molecule has 1 atom stereocenters. The van der Waals surface area contributed by atoms with Crippen molar-refractivity contribution in [2.24, 2.45) is 5.73 Å². The molecule has 0 aromatic heterocycles. The second-order valence-electron chi connectivity index (χ2n) is 4.18. The Morgan fingerprint density at radius 3 is 2.56 bits per heavy atom. The molecule has 0 saturated carbocycles. The van der Waals surface area contributed by atoms with Crippen LogP contribution in [0.15, 0.2) is 41.3 Å². The Bertz CT molecular complexity index is 583. The first kappa shape index (κ1) is 12.9. The minimum Gasteiger partial charge on any atom is -0.395 e. The number of hydrogen-bond donors (Lipinski definition) is 3. The van der Waals surface area contributed by atoms with Gasteiger partial charge in [0.1, 0.15) is 5.84 Å². The smallest absolute Gasteiger partial charge is 0.123 e. The van der Waals surface area contributed by atoms with Gasteiger partial charge in [0.2, 0.25) is 0 Å². The lowest BCUT2D eigenvalue weighted by Gasteiger charge is -2.12. The molecule has 0 saturated heterocycles. The van der Waals surface area contributed by atoms with E-state index >= 15 is 0 Å². The van der Waals surface area contributed by atoms with Gasteiger partial charge in [-0.2, -0.15) is 0 Å². The fourth-order valence-electron chi connectivity index (χ4n) is 1.86. The number of fused-ring (bicyclic) bond motifs is 1. The second-order valence-corrected chi connectivity index (χ2v) is 5.66. The van der Waals surface area contributed by atoms with Crippen molar-refractivity contribution >= 4 is 28.4 Å². The Hall–Kier alpha value is -1.52. The summed E-state index contributed by atoms with van der Waals surface area (Å²) in [5, 5.41) is 18.9. The zero-order valence-electron chi connectivity index (χ0n) is 10.2. The van der Waals surface area contributed by atoms with Crippen LogP contribution in [-0.2, 0) is 0 Å². The normalized spacial score (nSPS) is 12.6. The van der Waals surface area contributed by atoms with Gasteiger partial charge >= 0.3 is 0 Å². The van der Waals surface area contributed by atoms with Crippen LogP contribution < -0.4 is 5.73 Å². The zero-order chi connectivity index (χ0) is 13.1. The lowest BCUT2D eigenvalue weighted by molar-refractivity contribution is 0.300. The highest BCUT2D eigenvalue weighted by Gasteiger charge is 2.10. The van der Waals surface area contributed by atoms with Gasteiger partial charge in [0.15, 0.2) is 0 Å². The standard InChI is InChI=1S/C14H16N2OS/c1-9(8-17)18-13-7-6-12(14(15)16)10-4-2-3-5-11(10)13/h2-7,9,17H,8H2,1H3,(H3,15,16). The van der Waals surface area contributed by atoms with Crippen molar-refractivity contribution < 1.29 is 5.11 Å². The molecule has 0 bridgehead atoms. The van der Waals surface area contributed by atoms with E-state index in [4.69, 9.17) is 16.2 Å². The molecular weight excluding hydrogens is 244 g/mol. The van der Waals surface area contributed by atoms with Crippen LogP contribution in [0.5, 0.6) is 0 Å². The number of rotatable bonds is 4. The van der Waals surface area contributed by atoms with Crippen LogP contribution in [0, 0.1) is 5.41 Å². The fraction of sp³-hybridized carbons (Fsp3) is 0.214. The number of aliphatic hydroxyl groups excluding tert-OH is 1. The van der Waals surface area contributed by atoms with Crippen LogP contribution in [-0.4, -0.2) is 22.8 Å². The van der Waals surface area contributed by atoms with Crippen LogP contribution in [0.4, 0.5) is 0 Å². The molecule has 0 aliphatic rings.